The first kappa shape index (κ1) is 14.4. The number of rotatable bonds is 5. The summed E-state index contributed by atoms with van der Waals surface area (Å²) in [4.78, 5) is 16.1. The molecule has 0 fully saturated rings. The van der Waals surface area contributed by atoms with Crippen LogP contribution in [0.5, 0.6) is 5.88 Å². The van der Waals surface area contributed by atoms with Crippen LogP contribution < -0.4 is 15.8 Å². The maximum absolute atomic E-state index is 11.9. The second-order valence-electron chi connectivity index (χ2n) is 4.26. The molecule has 6 heteroatoms. The molecule has 0 saturated carbocycles. The molecule has 0 radical (unpaired) electrons. The zero-order chi connectivity index (χ0) is 13.8. The molecule has 0 aromatic carbocycles. The minimum Gasteiger partial charge on any atom is -0.478 e. The van der Waals surface area contributed by atoms with Crippen molar-refractivity contribution in [2.75, 3.05) is 11.9 Å². The number of hydrogen-bond donors (Lipinski definition) is 2. The zero-order valence-corrected chi connectivity index (χ0v) is 11.5. The highest BCUT2D eigenvalue weighted by molar-refractivity contribution is 7.80. The van der Waals surface area contributed by atoms with Crippen molar-refractivity contribution in [3.8, 4) is 5.88 Å². The van der Waals surface area contributed by atoms with Crippen LogP contribution >= 0.6 is 12.2 Å². The van der Waals surface area contributed by atoms with E-state index in [4.69, 9.17) is 22.7 Å². The maximum atomic E-state index is 11.9. The third-order valence-electron chi connectivity index (χ3n) is 2.47. The van der Waals surface area contributed by atoms with Gasteiger partial charge in [-0.15, -0.1) is 0 Å². The van der Waals surface area contributed by atoms with Crippen LogP contribution in [-0.2, 0) is 4.79 Å². The van der Waals surface area contributed by atoms with Crippen molar-refractivity contribution in [3.05, 3.63) is 18.3 Å². The van der Waals surface area contributed by atoms with E-state index in [1.165, 1.54) is 6.20 Å². The van der Waals surface area contributed by atoms with Gasteiger partial charge in [0.15, 0.2) is 0 Å². The Bertz CT molecular complexity index is 443. The third-order valence-corrected chi connectivity index (χ3v) is 2.98. The first-order valence-electron chi connectivity index (χ1n) is 5.58. The topological polar surface area (TPSA) is 77.2 Å². The van der Waals surface area contributed by atoms with E-state index in [9.17, 15) is 4.79 Å². The van der Waals surface area contributed by atoms with Gasteiger partial charge in [0, 0.05) is 6.07 Å². The summed E-state index contributed by atoms with van der Waals surface area (Å²) < 4.78 is 5.21. The molecular formula is C12H17N3O2S. The lowest BCUT2D eigenvalue weighted by Crippen LogP contribution is -2.41. The molecule has 0 bridgehead atoms. The number of nitrogens with zero attached hydrogens (tertiary/aromatic N) is 1. The van der Waals surface area contributed by atoms with Crippen LogP contribution in [-0.4, -0.2) is 22.5 Å². The molecule has 1 amide bonds. The molecule has 0 aliphatic carbocycles. The normalized spacial score (nSPS) is 10.8. The highest BCUT2D eigenvalue weighted by Gasteiger charge is 2.30. The number of pyridine rings is 1. The molecule has 5 nitrogen and oxygen atoms in total. The van der Waals surface area contributed by atoms with Crippen molar-refractivity contribution >= 4 is 28.8 Å². The van der Waals surface area contributed by atoms with Gasteiger partial charge >= 0.3 is 0 Å². The van der Waals surface area contributed by atoms with Gasteiger partial charge in [-0.1, -0.05) is 12.2 Å². The summed E-state index contributed by atoms with van der Waals surface area (Å²) in [6.07, 6.45) is 1.53. The first-order chi connectivity index (χ1) is 8.37. The van der Waals surface area contributed by atoms with Gasteiger partial charge in [0.2, 0.25) is 11.8 Å². The van der Waals surface area contributed by atoms with E-state index >= 15 is 0 Å². The van der Waals surface area contributed by atoms with Gasteiger partial charge in [0.05, 0.1) is 28.9 Å². The summed E-state index contributed by atoms with van der Waals surface area (Å²) in [5.41, 5.74) is 5.21. The number of ether oxygens (including phenoxy) is 1. The largest absolute Gasteiger partial charge is 0.478 e. The fraction of sp³-hybridized carbons (Fsp3) is 0.417. The van der Waals surface area contributed by atoms with Crippen LogP contribution in [0.25, 0.3) is 0 Å². The standard InChI is InChI=1S/C12H17N3O2S/c1-4-17-9-6-5-8(7-14-9)15-11(16)12(2,3)10(13)18/h5-7H,4H2,1-3H3,(H2,13,18)(H,15,16). The SMILES string of the molecule is CCOc1ccc(NC(=O)C(C)(C)C(N)=S)cn1. The van der Waals surface area contributed by atoms with Crippen molar-refractivity contribution in [2.24, 2.45) is 11.1 Å². The Morgan fingerprint density at radius 3 is 2.67 bits per heavy atom. The van der Waals surface area contributed by atoms with Gasteiger partial charge in [-0.05, 0) is 26.8 Å². The monoisotopic (exact) mass is 267 g/mol. The summed E-state index contributed by atoms with van der Waals surface area (Å²) in [6.45, 7) is 5.77. The number of nitrogens with two attached hydrogens (primary N) is 1. The first-order valence-corrected chi connectivity index (χ1v) is 5.99. The predicted octanol–water partition coefficient (Wildman–Crippen LogP) is 1.73. The van der Waals surface area contributed by atoms with Crippen LogP contribution in [0, 0.1) is 5.41 Å². The predicted molar refractivity (Wildman–Crippen MR) is 74.6 cm³/mol. The highest BCUT2D eigenvalue weighted by atomic mass is 32.1. The Labute approximate surface area is 112 Å². The molecule has 1 rings (SSSR count). The van der Waals surface area contributed by atoms with Crippen molar-refractivity contribution in [3.63, 3.8) is 0 Å². The molecule has 0 aliphatic heterocycles. The third kappa shape index (κ3) is 3.40. The van der Waals surface area contributed by atoms with Crippen molar-refractivity contribution < 1.29 is 9.53 Å². The molecular weight excluding hydrogens is 250 g/mol. The van der Waals surface area contributed by atoms with Crippen molar-refractivity contribution in [1.29, 1.82) is 0 Å². The Balaban J connectivity index is 2.73. The van der Waals surface area contributed by atoms with E-state index in [0.717, 1.165) is 0 Å². The zero-order valence-electron chi connectivity index (χ0n) is 10.7. The molecule has 1 aromatic rings. The van der Waals surface area contributed by atoms with Gasteiger partial charge in [0.25, 0.3) is 0 Å². The maximum Gasteiger partial charge on any atom is 0.236 e. The molecule has 98 valence electrons. The van der Waals surface area contributed by atoms with Crippen LogP contribution in [0.4, 0.5) is 5.69 Å². The fourth-order valence-corrected chi connectivity index (χ4v) is 1.18. The number of nitrogens with one attached hydrogen (secondary N) is 1. The molecule has 0 unspecified atom stereocenters. The van der Waals surface area contributed by atoms with Crippen molar-refractivity contribution in [1.82, 2.24) is 4.98 Å². The number of carbonyl (C=O) groups is 1. The van der Waals surface area contributed by atoms with Gasteiger partial charge in [0.1, 0.15) is 0 Å². The quantitative estimate of drug-likeness (QED) is 0.794. The van der Waals surface area contributed by atoms with Gasteiger partial charge in [-0.25, -0.2) is 4.98 Å². The minimum absolute atomic E-state index is 0.152. The Morgan fingerprint density at radius 2 is 2.22 bits per heavy atom. The van der Waals surface area contributed by atoms with E-state index in [1.807, 2.05) is 6.92 Å². The van der Waals surface area contributed by atoms with Crippen LogP contribution in [0.15, 0.2) is 18.3 Å². The molecule has 1 aromatic heterocycles. The lowest BCUT2D eigenvalue weighted by molar-refractivity contribution is -0.121. The summed E-state index contributed by atoms with van der Waals surface area (Å²) >= 11 is 4.86. The van der Waals surface area contributed by atoms with Gasteiger partial charge < -0.3 is 15.8 Å². The van der Waals surface area contributed by atoms with E-state index in [2.05, 4.69) is 10.3 Å². The highest BCUT2D eigenvalue weighted by Crippen LogP contribution is 2.19. The van der Waals surface area contributed by atoms with E-state index < -0.39 is 5.41 Å². The summed E-state index contributed by atoms with van der Waals surface area (Å²) in [5.74, 6) is 0.255. The van der Waals surface area contributed by atoms with Crippen LogP contribution in [0.2, 0.25) is 0 Å². The van der Waals surface area contributed by atoms with E-state index in [1.54, 1.807) is 26.0 Å². The number of carbonyl (C=O) groups excluding carboxylic acids is 1. The number of aromatic nitrogens is 1. The summed E-state index contributed by atoms with van der Waals surface area (Å²) in [6, 6.07) is 3.40. The van der Waals surface area contributed by atoms with E-state index in [-0.39, 0.29) is 10.9 Å². The molecule has 0 saturated heterocycles. The summed E-state index contributed by atoms with van der Waals surface area (Å²) in [5, 5.41) is 2.71. The average molecular weight is 267 g/mol. The lowest BCUT2D eigenvalue weighted by Gasteiger charge is -2.21. The molecule has 0 spiro atoms. The minimum atomic E-state index is -0.895. The second kappa shape index (κ2) is 5.77. The number of thiocarbonyl (C=S) groups is 1. The Morgan fingerprint density at radius 1 is 1.56 bits per heavy atom. The average Bonchev–Trinajstić information content (AvgIpc) is 2.31. The van der Waals surface area contributed by atoms with Gasteiger partial charge in [-0.2, -0.15) is 0 Å². The molecule has 0 aliphatic rings. The Kier molecular flexibility index (Phi) is 4.61. The Hall–Kier alpha value is -1.69. The number of hydrogen-bond acceptors (Lipinski definition) is 4. The van der Waals surface area contributed by atoms with Crippen LogP contribution in [0.1, 0.15) is 20.8 Å². The van der Waals surface area contributed by atoms with Gasteiger partial charge in [-0.3, -0.25) is 4.79 Å². The molecule has 0 atom stereocenters. The van der Waals surface area contributed by atoms with E-state index in [0.29, 0.717) is 18.2 Å². The number of amides is 1. The smallest absolute Gasteiger partial charge is 0.236 e. The summed E-state index contributed by atoms with van der Waals surface area (Å²) in [7, 11) is 0. The van der Waals surface area contributed by atoms with Crippen molar-refractivity contribution in [2.45, 2.75) is 20.8 Å². The molecule has 1 heterocycles. The second-order valence-corrected chi connectivity index (χ2v) is 4.70. The molecule has 18 heavy (non-hydrogen) atoms. The lowest BCUT2D eigenvalue weighted by atomic mass is 9.92. The number of anilines is 1. The molecule has 3 N–H and O–H groups in total. The fourth-order valence-electron chi connectivity index (χ4n) is 1.09. The van der Waals surface area contributed by atoms with Crippen LogP contribution in [0.3, 0.4) is 0 Å².